The van der Waals surface area contributed by atoms with Crippen LogP contribution in [-0.4, -0.2) is 9.97 Å². The number of benzene rings is 2. The second-order valence-corrected chi connectivity index (χ2v) is 5.08. The average Bonchev–Trinajstić information content (AvgIpc) is 2.42. The standard InChI is InChI=1S/C16H14N2S/c1-10-15(17-11(2)18-16(10)19)14-8-7-12-5-3-4-6-13(12)9-14/h3-9H,1-2H3,(H,17,18,19). The molecule has 0 spiro atoms. The Labute approximate surface area is 117 Å². The number of hydrogen-bond donors (Lipinski definition) is 1. The van der Waals surface area contributed by atoms with Gasteiger partial charge in [0, 0.05) is 5.56 Å². The molecule has 0 radical (unpaired) electrons. The van der Waals surface area contributed by atoms with Crippen LogP contribution < -0.4 is 0 Å². The molecule has 0 unspecified atom stereocenters. The van der Waals surface area contributed by atoms with Crippen LogP contribution in [-0.2, 0) is 0 Å². The summed E-state index contributed by atoms with van der Waals surface area (Å²) in [6.07, 6.45) is 0. The van der Waals surface area contributed by atoms with E-state index in [0.717, 1.165) is 22.6 Å². The van der Waals surface area contributed by atoms with Gasteiger partial charge in [-0.05, 0) is 36.2 Å². The Balaban J connectivity index is 2.27. The van der Waals surface area contributed by atoms with Crippen LogP contribution in [0.4, 0.5) is 0 Å². The van der Waals surface area contributed by atoms with E-state index >= 15 is 0 Å². The van der Waals surface area contributed by atoms with Crippen molar-refractivity contribution in [2.45, 2.75) is 13.8 Å². The molecule has 0 aliphatic heterocycles. The van der Waals surface area contributed by atoms with Gasteiger partial charge < -0.3 is 4.98 Å². The van der Waals surface area contributed by atoms with Gasteiger partial charge in [0.25, 0.3) is 0 Å². The van der Waals surface area contributed by atoms with Crippen LogP contribution in [0.25, 0.3) is 22.0 Å². The maximum atomic E-state index is 5.29. The molecule has 0 bridgehead atoms. The molecule has 2 aromatic carbocycles. The lowest BCUT2D eigenvalue weighted by Crippen LogP contribution is -1.96. The Morgan fingerprint density at radius 3 is 2.53 bits per heavy atom. The number of nitrogens with zero attached hydrogens (tertiary/aromatic N) is 1. The van der Waals surface area contributed by atoms with Gasteiger partial charge in [-0.3, -0.25) is 0 Å². The highest BCUT2D eigenvalue weighted by atomic mass is 32.1. The lowest BCUT2D eigenvalue weighted by Gasteiger charge is -2.09. The van der Waals surface area contributed by atoms with E-state index in [1.54, 1.807) is 0 Å². The van der Waals surface area contributed by atoms with Gasteiger partial charge in [-0.1, -0.05) is 48.6 Å². The van der Waals surface area contributed by atoms with Crippen LogP contribution in [0.2, 0.25) is 0 Å². The van der Waals surface area contributed by atoms with Gasteiger partial charge in [-0.2, -0.15) is 0 Å². The highest BCUT2D eigenvalue weighted by Crippen LogP contribution is 2.25. The second kappa shape index (κ2) is 4.59. The summed E-state index contributed by atoms with van der Waals surface area (Å²) in [5, 5.41) is 2.47. The fourth-order valence-electron chi connectivity index (χ4n) is 2.28. The summed E-state index contributed by atoms with van der Waals surface area (Å²) < 4.78 is 0.666. The van der Waals surface area contributed by atoms with Crippen LogP contribution in [0.3, 0.4) is 0 Å². The second-order valence-electron chi connectivity index (χ2n) is 4.69. The van der Waals surface area contributed by atoms with Crippen LogP contribution in [0.15, 0.2) is 42.5 Å². The molecule has 0 aliphatic carbocycles. The largest absolute Gasteiger partial charge is 0.343 e. The van der Waals surface area contributed by atoms with Gasteiger partial charge in [0.1, 0.15) is 10.5 Å². The molecule has 1 aromatic heterocycles. The van der Waals surface area contributed by atoms with Crippen molar-refractivity contribution in [3.05, 3.63) is 58.5 Å². The van der Waals surface area contributed by atoms with E-state index < -0.39 is 0 Å². The number of aryl methyl sites for hydroxylation is 1. The van der Waals surface area contributed by atoms with E-state index in [1.807, 2.05) is 13.8 Å². The predicted octanol–water partition coefficient (Wildman–Crippen LogP) is 4.58. The molecule has 0 fully saturated rings. The summed E-state index contributed by atoms with van der Waals surface area (Å²) in [5.74, 6) is 0.846. The molecular weight excluding hydrogens is 252 g/mol. The summed E-state index contributed by atoms with van der Waals surface area (Å²) in [6.45, 7) is 3.94. The SMILES string of the molecule is Cc1nc(=S)c(C)c(-c2ccc3ccccc3c2)[nH]1. The Morgan fingerprint density at radius 2 is 1.74 bits per heavy atom. The van der Waals surface area contributed by atoms with Gasteiger partial charge in [-0.15, -0.1) is 0 Å². The quantitative estimate of drug-likeness (QED) is 0.653. The van der Waals surface area contributed by atoms with E-state index in [-0.39, 0.29) is 0 Å². The van der Waals surface area contributed by atoms with Gasteiger partial charge in [0.15, 0.2) is 0 Å². The Hall–Kier alpha value is -2.00. The van der Waals surface area contributed by atoms with Crippen molar-refractivity contribution in [2.75, 3.05) is 0 Å². The van der Waals surface area contributed by atoms with Crippen LogP contribution in [0, 0.1) is 18.5 Å². The first kappa shape index (κ1) is 12.1. The number of hydrogen-bond acceptors (Lipinski definition) is 2. The maximum Gasteiger partial charge on any atom is 0.133 e. The average molecular weight is 266 g/mol. The first-order valence-electron chi connectivity index (χ1n) is 6.22. The Kier molecular flexibility index (Phi) is 2.91. The molecule has 0 atom stereocenters. The molecule has 94 valence electrons. The summed E-state index contributed by atoms with van der Waals surface area (Å²) in [7, 11) is 0. The van der Waals surface area contributed by atoms with Crippen molar-refractivity contribution < 1.29 is 0 Å². The van der Waals surface area contributed by atoms with E-state index in [1.165, 1.54) is 10.8 Å². The van der Waals surface area contributed by atoms with Crippen molar-refractivity contribution in [1.82, 2.24) is 9.97 Å². The lowest BCUT2D eigenvalue weighted by molar-refractivity contribution is 1.02. The normalized spacial score (nSPS) is 10.8. The molecule has 3 rings (SSSR count). The number of fused-ring (bicyclic) bond motifs is 1. The zero-order chi connectivity index (χ0) is 13.4. The highest BCUT2D eigenvalue weighted by Gasteiger charge is 2.06. The number of aromatic nitrogens is 2. The lowest BCUT2D eigenvalue weighted by atomic mass is 10.0. The molecule has 3 aromatic rings. The zero-order valence-corrected chi connectivity index (χ0v) is 11.7. The fraction of sp³-hybridized carbons (Fsp3) is 0.125. The minimum Gasteiger partial charge on any atom is -0.343 e. The van der Waals surface area contributed by atoms with E-state index in [0.29, 0.717) is 4.64 Å². The predicted molar refractivity (Wildman–Crippen MR) is 81.8 cm³/mol. The van der Waals surface area contributed by atoms with Crippen molar-refractivity contribution in [3.8, 4) is 11.3 Å². The van der Waals surface area contributed by atoms with Gasteiger partial charge in [0.05, 0.1) is 5.69 Å². The first-order chi connectivity index (χ1) is 9.15. The molecular formula is C16H14N2S. The first-order valence-corrected chi connectivity index (χ1v) is 6.62. The molecule has 1 N–H and O–H groups in total. The van der Waals surface area contributed by atoms with Crippen molar-refractivity contribution >= 4 is 23.0 Å². The molecule has 2 nitrogen and oxygen atoms in total. The fourth-order valence-corrected chi connectivity index (χ4v) is 2.52. The molecule has 0 aliphatic rings. The summed E-state index contributed by atoms with van der Waals surface area (Å²) in [4.78, 5) is 7.60. The van der Waals surface area contributed by atoms with Crippen LogP contribution in [0.1, 0.15) is 11.4 Å². The molecule has 3 heteroatoms. The summed E-state index contributed by atoms with van der Waals surface area (Å²) >= 11 is 5.29. The minimum absolute atomic E-state index is 0.666. The third-order valence-electron chi connectivity index (χ3n) is 3.31. The van der Waals surface area contributed by atoms with E-state index in [4.69, 9.17) is 12.2 Å². The minimum atomic E-state index is 0.666. The van der Waals surface area contributed by atoms with Gasteiger partial charge >= 0.3 is 0 Å². The molecule has 19 heavy (non-hydrogen) atoms. The Bertz CT molecular complexity index is 818. The number of aromatic amines is 1. The number of nitrogens with one attached hydrogen (secondary N) is 1. The maximum absolute atomic E-state index is 5.29. The monoisotopic (exact) mass is 266 g/mol. The summed E-state index contributed by atoms with van der Waals surface area (Å²) in [6, 6.07) is 14.8. The molecule has 1 heterocycles. The molecule has 0 amide bonds. The van der Waals surface area contributed by atoms with Crippen LogP contribution in [0.5, 0.6) is 0 Å². The van der Waals surface area contributed by atoms with Crippen molar-refractivity contribution in [3.63, 3.8) is 0 Å². The number of H-pyrrole nitrogens is 1. The number of rotatable bonds is 1. The third-order valence-corrected chi connectivity index (χ3v) is 3.71. The van der Waals surface area contributed by atoms with Crippen molar-refractivity contribution in [2.24, 2.45) is 0 Å². The van der Waals surface area contributed by atoms with E-state index in [9.17, 15) is 0 Å². The molecule has 0 saturated carbocycles. The highest BCUT2D eigenvalue weighted by molar-refractivity contribution is 7.71. The van der Waals surface area contributed by atoms with Gasteiger partial charge in [0.2, 0.25) is 0 Å². The van der Waals surface area contributed by atoms with Gasteiger partial charge in [-0.25, -0.2) is 4.98 Å². The summed E-state index contributed by atoms with van der Waals surface area (Å²) in [5.41, 5.74) is 3.23. The zero-order valence-electron chi connectivity index (χ0n) is 10.9. The van der Waals surface area contributed by atoms with Crippen LogP contribution >= 0.6 is 12.2 Å². The van der Waals surface area contributed by atoms with E-state index in [2.05, 4.69) is 52.4 Å². The molecule has 0 saturated heterocycles. The Morgan fingerprint density at radius 1 is 1.00 bits per heavy atom. The smallest absolute Gasteiger partial charge is 0.133 e. The topological polar surface area (TPSA) is 28.7 Å². The van der Waals surface area contributed by atoms with Crippen molar-refractivity contribution in [1.29, 1.82) is 0 Å². The third kappa shape index (κ3) is 2.17.